The molecule has 0 radical (unpaired) electrons. The molecule has 2 aliphatic carbocycles. The fourth-order valence-electron chi connectivity index (χ4n) is 5.17. The average molecular weight is 465 g/mol. The molecule has 1 N–H and O–H groups in total. The van der Waals surface area contributed by atoms with Gasteiger partial charge in [-0.1, -0.05) is 6.07 Å². The molecule has 2 unspecified atom stereocenters. The number of carbonyl (C=O) groups excluding carboxylic acids is 1. The normalized spacial score (nSPS) is 23.8. The van der Waals surface area contributed by atoms with Gasteiger partial charge in [0.05, 0.1) is 22.6 Å². The lowest BCUT2D eigenvalue weighted by Crippen LogP contribution is -2.44. The van der Waals surface area contributed by atoms with Crippen LogP contribution in [-0.2, 0) is 16.0 Å². The van der Waals surface area contributed by atoms with Crippen molar-refractivity contribution >= 4 is 27.2 Å². The first-order valence-electron chi connectivity index (χ1n) is 10.6. The third kappa shape index (κ3) is 3.74. The van der Waals surface area contributed by atoms with E-state index in [9.17, 15) is 26.4 Å². The Labute approximate surface area is 183 Å². The number of hydrogen-bond donors (Lipinski definition) is 1. The van der Waals surface area contributed by atoms with Gasteiger partial charge in [-0.2, -0.15) is 13.2 Å². The number of pyridine rings is 1. The lowest BCUT2D eigenvalue weighted by Gasteiger charge is -2.29. The van der Waals surface area contributed by atoms with Crippen molar-refractivity contribution in [2.24, 2.45) is 0 Å². The summed E-state index contributed by atoms with van der Waals surface area (Å²) in [4.78, 5) is 19.2. The third-order valence-electron chi connectivity index (χ3n) is 6.72. The second-order valence-corrected chi connectivity index (χ2v) is 11.0. The van der Waals surface area contributed by atoms with Gasteiger partial charge in [-0.25, -0.2) is 13.4 Å². The maximum Gasteiger partial charge on any atom is 0.416 e. The van der Waals surface area contributed by atoms with Gasteiger partial charge in [0.1, 0.15) is 5.82 Å². The summed E-state index contributed by atoms with van der Waals surface area (Å²) < 4.78 is 62.7. The van der Waals surface area contributed by atoms with Crippen LogP contribution in [0.15, 0.2) is 30.5 Å². The summed E-state index contributed by atoms with van der Waals surface area (Å²) >= 11 is 0. The predicted octanol–water partition coefficient (Wildman–Crippen LogP) is 4.08. The van der Waals surface area contributed by atoms with Gasteiger partial charge < -0.3 is 10.2 Å². The highest BCUT2D eigenvalue weighted by molar-refractivity contribution is 7.91. The molecule has 1 aromatic carbocycles. The molecule has 1 aromatic heterocycles. The molecule has 2 aromatic rings. The van der Waals surface area contributed by atoms with Crippen molar-refractivity contribution in [2.45, 2.75) is 37.3 Å². The minimum Gasteiger partial charge on any atom is -0.340 e. The smallest absolute Gasteiger partial charge is 0.340 e. The Kier molecular flexibility index (Phi) is 4.96. The SMILES string of the molecule is O=C(c1cnc(Nc2cccc(C(F)(F)F)c2)c2c1C1CCC2C1)N1CCS(=O)(=O)CC1. The van der Waals surface area contributed by atoms with E-state index in [0.29, 0.717) is 11.4 Å². The molecule has 32 heavy (non-hydrogen) atoms. The molecule has 0 spiro atoms. The number of alkyl halides is 3. The topological polar surface area (TPSA) is 79.4 Å². The van der Waals surface area contributed by atoms with E-state index in [1.807, 2.05) is 0 Å². The van der Waals surface area contributed by atoms with Crippen LogP contribution in [0.4, 0.5) is 24.7 Å². The lowest BCUT2D eigenvalue weighted by molar-refractivity contribution is -0.137. The van der Waals surface area contributed by atoms with Crippen LogP contribution in [0, 0.1) is 0 Å². The molecule has 2 heterocycles. The van der Waals surface area contributed by atoms with Crippen LogP contribution in [0.2, 0.25) is 0 Å². The van der Waals surface area contributed by atoms with Gasteiger partial charge in [0, 0.05) is 30.5 Å². The fourth-order valence-corrected chi connectivity index (χ4v) is 6.37. The van der Waals surface area contributed by atoms with Crippen molar-refractivity contribution in [3.63, 3.8) is 0 Å². The number of sulfone groups is 1. The highest BCUT2D eigenvalue weighted by Crippen LogP contribution is 2.56. The highest BCUT2D eigenvalue weighted by Gasteiger charge is 2.42. The molecule has 1 saturated heterocycles. The summed E-state index contributed by atoms with van der Waals surface area (Å²) in [6, 6.07) is 4.98. The second-order valence-electron chi connectivity index (χ2n) is 8.70. The molecule has 10 heteroatoms. The Morgan fingerprint density at radius 1 is 1.09 bits per heavy atom. The first kappa shape index (κ1) is 21.2. The molecule has 5 rings (SSSR count). The number of halogens is 3. The lowest BCUT2D eigenvalue weighted by atomic mass is 9.88. The van der Waals surface area contributed by atoms with Gasteiger partial charge >= 0.3 is 6.18 Å². The Bertz CT molecular complexity index is 1180. The zero-order chi connectivity index (χ0) is 22.7. The Hall–Kier alpha value is -2.62. The Morgan fingerprint density at radius 2 is 1.78 bits per heavy atom. The van der Waals surface area contributed by atoms with Crippen LogP contribution in [0.25, 0.3) is 0 Å². The van der Waals surface area contributed by atoms with E-state index in [-0.39, 0.29) is 48.0 Å². The Balaban J connectivity index is 1.48. The van der Waals surface area contributed by atoms with Crippen LogP contribution in [-0.4, -0.2) is 48.8 Å². The van der Waals surface area contributed by atoms with Crippen molar-refractivity contribution in [1.29, 1.82) is 0 Å². The van der Waals surface area contributed by atoms with Crippen LogP contribution < -0.4 is 5.32 Å². The summed E-state index contributed by atoms with van der Waals surface area (Å²) in [6.07, 6.45) is -0.145. The number of amides is 1. The molecule has 3 aliphatic rings. The minimum atomic E-state index is -4.44. The zero-order valence-corrected chi connectivity index (χ0v) is 18.0. The van der Waals surface area contributed by atoms with Crippen LogP contribution in [0.1, 0.15) is 58.1 Å². The standard InChI is InChI=1S/C22H22F3N3O3S/c23-22(24,25)15-2-1-3-16(11-15)27-20-19-14-5-4-13(10-14)18(19)17(12-26-20)21(29)28-6-8-32(30,31)9-7-28/h1-3,11-14H,4-10H2,(H,26,27). The molecular weight excluding hydrogens is 443 g/mol. The number of anilines is 2. The van der Waals surface area contributed by atoms with Crippen molar-refractivity contribution in [1.82, 2.24) is 9.88 Å². The quantitative estimate of drug-likeness (QED) is 0.739. The van der Waals surface area contributed by atoms with Gasteiger partial charge in [-0.15, -0.1) is 0 Å². The van der Waals surface area contributed by atoms with Crippen molar-refractivity contribution in [2.75, 3.05) is 29.9 Å². The molecule has 6 nitrogen and oxygen atoms in total. The van der Waals surface area contributed by atoms with Crippen LogP contribution in [0.5, 0.6) is 0 Å². The van der Waals surface area contributed by atoms with Gasteiger partial charge in [0.25, 0.3) is 5.91 Å². The predicted molar refractivity (Wildman–Crippen MR) is 113 cm³/mol. The maximum absolute atomic E-state index is 13.2. The third-order valence-corrected chi connectivity index (χ3v) is 8.33. The average Bonchev–Trinajstić information content (AvgIpc) is 3.36. The van der Waals surface area contributed by atoms with Crippen molar-refractivity contribution in [3.8, 4) is 0 Å². The second kappa shape index (κ2) is 7.47. The van der Waals surface area contributed by atoms with Gasteiger partial charge in [-0.05, 0) is 54.9 Å². The van der Waals surface area contributed by atoms with E-state index in [1.54, 1.807) is 11.0 Å². The van der Waals surface area contributed by atoms with Gasteiger partial charge in [0.2, 0.25) is 0 Å². The molecule has 1 amide bonds. The van der Waals surface area contributed by atoms with E-state index >= 15 is 0 Å². The van der Waals surface area contributed by atoms with Crippen molar-refractivity contribution < 1.29 is 26.4 Å². The maximum atomic E-state index is 13.2. The molecule has 170 valence electrons. The number of nitrogens with zero attached hydrogens (tertiary/aromatic N) is 2. The fraction of sp³-hybridized carbons (Fsp3) is 0.455. The molecule has 2 bridgehead atoms. The van der Waals surface area contributed by atoms with Gasteiger partial charge in [0.15, 0.2) is 9.84 Å². The van der Waals surface area contributed by atoms with E-state index in [4.69, 9.17) is 0 Å². The van der Waals surface area contributed by atoms with Gasteiger partial charge in [-0.3, -0.25) is 4.79 Å². The summed E-state index contributed by atoms with van der Waals surface area (Å²) in [6.45, 7) is 0.322. The number of nitrogens with one attached hydrogen (secondary N) is 1. The monoisotopic (exact) mass is 465 g/mol. The molecule has 1 aliphatic heterocycles. The number of benzene rings is 1. The molecule has 1 saturated carbocycles. The van der Waals surface area contributed by atoms with Crippen molar-refractivity contribution in [3.05, 3.63) is 52.7 Å². The summed E-state index contributed by atoms with van der Waals surface area (Å²) in [5, 5.41) is 3.04. The summed E-state index contributed by atoms with van der Waals surface area (Å²) in [7, 11) is -3.11. The molecule has 2 fully saturated rings. The number of rotatable bonds is 3. The summed E-state index contributed by atoms with van der Waals surface area (Å²) in [5.74, 6) is 0.606. The highest BCUT2D eigenvalue weighted by atomic mass is 32.2. The molecule has 2 atom stereocenters. The Morgan fingerprint density at radius 3 is 2.47 bits per heavy atom. The van der Waals surface area contributed by atoms with E-state index in [2.05, 4.69) is 10.3 Å². The summed E-state index contributed by atoms with van der Waals surface area (Å²) in [5.41, 5.74) is 1.87. The minimum absolute atomic E-state index is 0.0460. The number of fused-ring (bicyclic) bond motifs is 5. The first-order valence-corrected chi connectivity index (χ1v) is 12.4. The van der Waals surface area contributed by atoms with E-state index in [0.717, 1.165) is 42.5 Å². The zero-order valence-electron chi connectivity index (χ0n) is 17.2. The number of carbonyl (C=O) groups is 1. The number of hydrogen-bond acceptors (Lipinski definition) is 5. The first-order chi connectivity index (χ1) is 15.1. The number of aromatic nitrogens is 1. The largest absolute Gasteiger partial charge is 0.416 e. The van der Waals surface area contributed by atoms with Crippen LogP contribution in [0.3, 0.4) is 0 Å². The van der Waals surface area contributed by atoms with E-state index in [1.165, 1.54) is 12.3 Å². The van der Waals surface area contributed by atoms with E-state index < -0.39 is 21.6 Å². The van der Waals surface area contributed by atoms with Crippen LogP contribution >= 0.6 is 0 Å². The molecular formula is C22H22F3N3O3S.